The number of hydrogen-bond donors (Lipinski definition) is 1. The first-order valence-corrected chi connectivity index (χ1v) is 7.78. The van der Waals surface area contributed by atoms with E-state index in [1.165, 1.54) is 14.2 Å². The molecule has 24 heavy (non-hydrogen) atoms. The number of nitro groups is 1. The van der Waals surface area contributed by atoms with Crippen LogP contribution in [0.15, 0.2) is 17.0 Å². The molecule has 0 saturated carbocycles. The van der Waals surface area contributed by atoms with Crippen LogP contribution in [0.5, 0.6) is 11.5 Å². The SMILES string of the molecule is COCCOc1cc(OCCOC)c(S(=O)(=O)O)cc1[N+](=O)[O-].[H-].[Na+]. The number of methoxy groups -OCH3 is 2. The van der Waals surface area contributed by atoms with Crippen molar-refractivity contribution in [2.75, 3.05) is 40.6 Å². The Morgan fingerprint density at radius 3 is 2.00 bits per heavy atom. The maximum atomic E-state index is 11.4. The Bertz CT molecular complexity index is 656. The van der Waals surface area contributed by atoms with Crippen LogP contribution >= 0.6 is 0 Å². The topological polar surface area (TPSA) is 134 Å². The molecule has 0 atom stereocenters. The molecule has 1 N–H and O–H groups in total. The van der Waals surface area contributed by atoms with E-state index in [0.717, 1.165) is 6.07 Å². The van der Waals surface area contributed by atoms with Crippen LogP contribution in [0.1, 0.15) is 1.43 Å². The van der Waals surface area contributed by atoms with E-state index in [1.54, 1.807) is 0 Å². The van der Waals surface area contributed by atoms with Gasteiger partial charge in [-0.2, -0.15) is 8.42 Å². The molecule has 1 aromatic carbocycles. The largest absolute Gasteiger partial charge is 1.00 e. The normalized spacial score (nSPS) is 10.8. The van der Waals surface area contributed by atoms with Gasteiger partial charge in [-0.3, -0.25) is 14.7 Å². The second kappa shape index (κ2) is 10.8. The van der Waals surface area contributed by atoms with Crippen LogP contribution in [-0.2, 0) is 19.6 Å². The van der Waals surface area contributed by atoms with Gasteiger partial charge in [-0.05, 0) is 0 Å². The van der Waals surface area contributed by atoms with Crippen LogP contribution in [-0.4, -0.2) is 58.5 Å². The van der Waals surface area contributed by atoms with Gasteiger partial charge in [0.1, 0.15) is 23.9 Å². The Balaban J connectivity index is 0. The molecule has 1 aromatic rings. The van der Waals surface area contributed by atoms with Crippen molar-refractivity contribution in [2.45, 2.75) is 4.90 Å². The molecular formula is C12H18NNaO9S. The van der Waals surface area contributed by atoms with Crippen molar-refractivity contribution in [1.82, 2.24) is 0 Å². The van der Waals surface area contributed by atoms with Crippen LogP contribution < -0.4 is 39.0 Å². The fourth-order valence-electron chi connectivity index (χ4n) is 1.57. The first kappa shape index (κ1) is 23.1. The Morgan fingerprint density at radius 1 is 1.08 bits per heavy atom. The Kier molecular flexibility index (Phi) is 10.4. The molecule has 0 spiro atoms. The zero-order valence-electron chi connectivity index (χ0n) is 14.6. The number of ether oxygens (including phenoxy) is 4. The molecule has 12 heteroatoms. The second-order valence-corrected chi connectivity index (χ2v) is 5.57. The van der Waals surface area contributed by atoms with E-state index < -0.39 is 25.6 Å². The van der Waals surface area contributed by atoms with Gasteiger partial charge in [0.25, 0.3) is 10.1 Å². The Labute approximate surface area is 162 Å². The van der Waals surface area contributed by atoms with E-state index in [-0.39, 0.29) is 68.9 Å². The molecule has 0 aliphatic carbocycles. The summed E-state index contributed by atoms with van der Waals surface area (Å²) >= 11 is 0. The van der Waals surface area contributed by atoms with Crippen molar-refractivity contribution in [3.63, 3.8) is 0 Å². The first-order chi connectivity index (χ1) is 10.8. The summed E-state index contributed by atoms with van der Waals surface area (Å²) in [5.74, 6) is -0.477. The van der Waals surface area contributed by atoms with E-state index in [0.29, 0.717) is 6.07 Å². The van der Waals surface area contributed by atoms with Gasteiger partial charge in [0, 0.05) is 26.4 Å². The maximum absolute atomic E-state index is 11.4. The average molecular weight is 375 g/mol. The molecule has 0 amide bonds. The molecule has 0 fully saturated rings. The van der Waals surface area contributed by atoms with Crippen molar-refractivity contribution in [3.8, 4) is 11.5 Å². The number of hydrogen-bond acceptors (Lipinski definition) is 8. The summed E-state index contributed by atoms with van der Waals surface area (Å²) in [6, 6.07) is 1.71. The van der Waals surface area contributed by atoms with Crippen molar-refractivity contribution in [1.29, 1.82) is 0 Å². The van der Waals surface area contributed by atoms with Crippen molar-refractivity contribution < 1.29 is 67.8 Å². The maximum Gasteiger partial charge on any atom is 1.00 e. The minimum atomic E-state index is -4.72. The third-order valence-electron chi connectivity index (χ3n) is 2.59. The molecule has 0 bridgehead atoms. The fraction of sp³-hybridized carbons (Fsp3) is 0.500. The summed E-state index contributed by atoms with van der Waals surface area (Å²) in [5.41, 5.74) is -0.618. The van der Waals surface area contributed by atoms with Crippen molar-refractivity contribution >= 4 is 15.8 Å². The minimum absolute atomic E-state index is 0. The van der Waals surface area contributed by atoms with Crippen LogP contribution in [0.3, 0.4) is 0 Å². The molecule has 0 saturated heterocycles. The van der Waals surface area contributed by atoms with Crippen LogP contribution in [0.2, 0.25) is 0 Å². The predicted octanol–water partition coefficient (Wildman–Crippen LogP) is -1.99. The summed E-state index contributed by atoms with van der Waals surface area (Å²) in [7, 11) is -1.87. The van der Waals surface area contributed by atoms with E-state index >= 15 is 0 Å². The number of benzene rings is 1. The molecule has 0 radical (unpaired) electrons. The average Bonchev–Trinajstić information content (AvgIpc) is 2.46. The molecule has 0 unspecified atom stereocenters. The minimum Gasteiger partial charge on any atom is -1.00 e. The summed E-state index contributed by atoms with van der Waals surface area (Å²) in [5, 5.41) is 11.1. The van der Waals surface area contributed by atoms with E-state index in [1.807, 2.05) is 0 Å². The second-order valence-electron chi connectivity index (χ2n) is 4.18. The van der Waals surface area contributed by atoms with Gasteiger partial charge in [0.2, 0.25) is 5.75 Å². The fourth-order valence-corrected chi connectivity index (χ4v) is 2.21. The molecule has 1 rings (SSSR count). The third kappa shape index (κ3) is 6.89. The van der Waals surface area contributed by atoms with Gasteiger partial charge in [0.15, 0.2) is 0 Å². The molecule has 0 heterocycles. The number of nitro benzene ring substituents is 1. The van der Waals surface area contributed by atoms with Crippen molar-refractivity contribution in [3.05, 3.63) is 22.2 Å². The smallest absolute Gasteiger partial charge is 1.00 e. The molecule has 0 aliphatic rings. The van der Waals surface area contributed by atoms with E-state index in [4.69, 9.17) is 18.9 Å². The van der Waals surface area contributed by atoms with Gasteiger partial charge in [0.05, 0.1) is 18.1 Å². The molecule has 10 nitrogen and oxygen atoms in total. The summed E-state index contributed by atoms with van der Waals surface area (Å²) < 4.78 is 51.9. The molecule has 0 aliphatic heterocycles. The van der Waals surface area contributed by atoms with Crippen molar-refractivity contribution in [2.24, 2.45) is 0 Å². The Hall–Kier alpha value is -0.950. The molecule has 132 valence electrons. The molecule has 0 aromatic heterocycles. The van der Waals surface area contributed by atoms with Crippen LogP contribution in [0, 0.1) is 10.1 Å². The summed E-state index contributed by atoms with van der Waals surface area (Å²) in [4.78, 5) is 9.52. The first-order valence-electron chi connectivity index (χ1n) is 6.34. The predicted molar refractivity (Wildman–Crippen MR) is 78.8 cm³/mol. The number of rotatable bonds is 10. The van der Waals surface area contributed by atoms with E-state index in [2.05, 4.69) is 0 Å². The van der Waals surface area contributed by atoms with Gasteiger partial charge in [-0.15, -0.1) is 0 Å². The summed E-state index contributed by atoms with van der Waals surface area (Å²) in [6.45, 7) is 0.327. The van der Waals surface area contributed by atoms with Gasteiger partial charge >= 0.3 is 35.2 Å². The van der Waals surface area contributed by atoms with E-state index in [9.17, 15) is 23.1 Å². The summed E-state index contributed by atoms with van der Waals surface area (Å²) in [6.07, 6.45) is 0. The van der Waals surface area contributed by atoms with Gasteiger partial charge in [-0.25, -0.2) is 0 Å². The molecular weight excluding hydrogens is 357 g/mol. The number of nitrogens with zero attached hydrogens (tertiary/aromatic N) is 1. The van der Waals surface area contributed by atoms with Crippen LogP contribution in [0.4, 0.5) is 5.69 Å². The van der Waals surface area contributed by atoms with Crippen LogP contribution in [0.25, 0.3) is 0 Å². The van der Waals surface area contributed by atoms with Gasteiger partial charge < -0.3 is 20.4 Å². The quantitative estimate of drug-likeness (QED) is 0.162. The standard InChI is InChI=1S/C12H17NO9S.Na.H/c1-19-3-5-21-10-8-11(22-6-4-20-2)12(23(16,17)18)7-9(10)13(14)15;;/h7-8H,3-6H2,1-2H3,(H,16,17,18);;/q;+1;-1. The zero-order valence-corrected chi connectivity index (χ0v) is 16.4. The third-order valence-corrected chi connectivity index (χ3v) is 3.46. The zero-order chi connectivity index (χ0) is 17.5. The van der Waals surface area contributed by atoms with Gasteiger partial charge in [-0.1, -0.05) is 0 Å². The monoisotopic (exact) mass is 375 g/mol. The Morgan fingerprint density at radius 2 is 1.58 bits per heavy atom.